The molecule has 0 aliphatic carbocycles. The van der Waals surface area contributed by atoms with Crippen molar-refractivity contribution in [3.63, 3.8) is 0 Å². The van der Waals surface area contributed by atoms with E-state index in [0.29, 0.717) is 31.9 Å². The van der Waals surface area contributed by atoms with Gasteiger partial charge in [-0.2, -0.15) is 0 Å². The lowest BCUT2D eigenvalue weighted by atomic mass is 9.73. The number of aliphatic hydroxyl groups is 1. The Hall–Kier alpha value is -1.35. The summed E-state index contributed by atoms with van der Waals surface area (Å²) in [5.41, 5.74) is -2.19. The van der Waals surface area contributed by atoms with Crippen LogP contribution in [0, 0.1) is 11.6 Å². The van der Waals surface area contributed by atoms with Crippen molar-refractivity contribution >= 4 is 18.3 Å². The molecule has 2 aliphatic heterocycles. The second kappa shape index (κ2) is 7.49. The van der Waals surface area contributed by atoms with Gasteiger partial charge in [0.05, 0.1) is 17.3 Å². The number of rotatable bonds is 2. The number of ether oxygens (including phenoxy) is 1. The number of hydrogen-bond acceptors (Lipinski definition) is 5. The molecule has 2 aliphatic rings. The molecule has 2 saturated heterocycles. The lowest BCUT2D eigenvalue weighted by Gasteiger charge is -2.52. The average Bonchev–Trinajstić information content (AvgIpc) is 2.53. The van der Waals surface area contributed by atoms with E-state index in [2.05, 4.69) is 15.6 Å². The first-order valence-corrected chi connectivity index (χ1v) is 8.03. The Morgan fingerprint density at radius 2 is 2.08 bits per heavy atom. The number of hydrogen-bond donors (Lipinski definition) is 3. The predicted molar refractivity (Wildman–Crippen MR) is 88.7 cm³/mol. The number of aromatic nitrogens is 1. The van der Waals surface area contributed by atoms with Crippen LogP contribution in [0.1, 0.15) is 36.7 Å². The van der Waals surface area contributed by atoms with Crippen LogP contribution in [0.2, 0.25) is 0 Å². The van der Waals surface area contributed by atoms with Gasteiger partial charge in [0.15, 0.2) is 11.5 Å². The number of aliphatic hydroxyl groups excluding tert-OH is 1. The Balaban J connectivity index is 0.00000225. The highest BCUT2D eigenvalue weighted by Gasteiger charge is 2.53. The Kier molecular flexibility index (Phi) is 5.98. The smallest absolute Gasteiger partial charge is 0.273 e. The number of nitrogens with one attached hydrogen (secondary N) is 2. The molecule has 3 heterocycles. The van der Waals surface area contributed by atoms with Gasteiger partial charge >= 0.3 is 0 Å². The molecule has 2 atom stereocenters. The molecular weight excluding hydrogens is 356 g/mol. The van der Waals surface area contributed by atoms with E-state index in [1.807, 2.05) is 0 Å². The summed E-state index contributed by atoms with van der Waals surface area (Å²) in [5, 5.41) is 16.8. The Morgan fingerprint density at radius 1 is 1.40 bits per heavy atom. The zero-order chi connectivity index (χ0) is 17.4. The van der Waals surface area contributed by atoms with Gasteiger partial charge in [0.1, 0.15) is 11.9 Å². The molecule has 9 heteroatoms. The minimum atomic E-state index is -1.03. The maximum absolute atomic E-state index is 13.8. The van der Waals surface area contributed by atoms with E-state index in [4.69, 9.17) is 4.74 Å². The number of nitrogens with zero attached hydrogens (tertiary/aromatic N) is 1. The molecule has 1 amide bonds. The maximum Gasteiger partial charge on any atom is 0.273 e. The summed E-state index contributed by atoms with van der Waals surface area (Å²) in [6.07, 6.45) is 1.49. The average molecular weight is 378 g/mol. The fourth-order valence-electron chi connectivity index (χ4n) is 3.56. The van der Waals surface area contributed by atoms with Crippen molar-refractivity contribution in [2.24, 2.45) is 0 Å². The molecule has 1 aromatic rings. The SMILES string of the molecule is C[C@@]1(NC(=O)c2ncc(F)cc2F)CCOC2(CCNCC2)[C@H]1O.Cl. The fraction of sp³-hybridized carbons (Fsp3) is 0.625. The first kappa shape index (κ1) is 20.0. The molecule has 140 valence electrons. The molecule has 1 aromatic heterocycles. The van der Waals surface area contributed by atoms with Gasteiger partial charge in [-0.25, -0.2) is 13.8 Å². The summed E-state index contributed by atoms with van der Waals surface area (Å²) in [6, 6.07) is 0.610. The van der Waals surface area contributed by atoms with Crippen molar-refractivity contribution in [3.8, 4) is 0 Å². The van der Waals surface area contributed by atoms with E-state index in [-0.39, 0.29) is 12.4 Å². The number of pyridine rings is 1. The van der Waals surface area contributed by atoms with Crippen LogP contribution >= 0.6 is 12.4 Å². The van der Waals surface area contributed by atoms with Crippen LogP contribution in [0.4, 0.5) is 8.78 Å². The van der Waals surface area contributed by atoms with E-state index in [9.17, 15) is 18.7 Å². The minimum Gasteiger partial charge on any atom is -0.388 e. The lowest BCUT2D eigenvalue weighted by Crippen LogP contribution is -2.69. The van der Waals surface area contributed by atoms with Gasteiger partial charge in [0.25, 0.3) is 5.91 Å². The molecule has 3 N–H and O–H groups in total. The standard InChI is InChI=1S/C16H21F2N3O3.ClH/c1-15(21-13(22)12-11(18)8-10(17)9-20-12)4-7-24-16(14(15)23)2-5-19-6-3-16;/h8-9,14,19,23H,2-7H2,1H3,(H,21,22);1H/t14-,15+;/m0./s1. The van der Waals surface area contributed by atoms with Crippen molar-refractivity contribution in [1.29, 1.82) is 0 Å². The number of amides is 1. The minimum absolute atomic E-state index is 0. The summed E-state index contributed by atoms with van der Waals surface area (Å²) in [7, 11) is 0. The van der Waals surface area contributed by atoms with E-state index >= 15 is 0 Å². The van der Waals surface area contributed by atoms with E-state index in [1.54, 1.807) is 6.92 Å². The monoisotopic (exact) mass is 377 g/mol. The number of carbonyl (C=O) groups excluding carboxylic acids is 1. The zero-order valence-corrected chi connectivity index (χ0v) is 14.7. The number of carbonyl (C=O) groups is 1. The molecule has 25 heavy (non-hydrogen) atoms. The molecule has 1 spiro atoms. The van der Waals surface area contributed by atoms with Gasteiger partial charge in [0, 0.05) is 12.7 Å². The Bertz CT molecular complexity index is 638. The van der Waals surface area contributed by atoms with Gasteiger partial charge in [-0.3, -0.25) is 4.79 Å². The third kappa shape index (κ3) is 3.76. The van der Waals surface area contributed by atoms with Crippen LogP contribution in [0.15, 0.2) is 12.3 Å². The normalized spacial score (nSPS) is 28.2. The summed E-state index contributed by atoms with van der Waals surface area (Å²) < 4.78 is 32.6. The highest BCUT2D eigenvalue weighted by Crippen LogP contribution is 2.38. The Labute approximate surface area is 150 Å². The summed E-state index contributed by atoms with van der Waals surface area (Å²) >= 11 is 0. The first-order valence-electron chi connectivity index (χ1n) is 8.03. The van der Waals surface area contributed by atoms with Crippen LogP contribution in [0.5, 0.6) is 0 Å². The topological polar surface area (TPSA) is 83.5 Å². The number of halogens is 3. The highest BCUT2D eigenvalue weighted by atomic mass is 35.5. The number of piperidine rings is 1. The van der Waals surface area contributed by atoms with Crippen molar-refractivity contribution in [1.82, 2.24) is 15.6 Å². The third-order valence-corrected chi connectivity index (χ3v) is 4.98. The fourth-order valence-corrected chi connectivity index (χ4v) is 3.56. The van der Waals surface area contributed by atoms with Crippen LogP contribution in [0.25, 0.3) is 0 Å². The summed E-state index contributed by atoms with van der Waals surface area (Å²) in [6.45, 7) is 3.53. The summed E-state index contributed by atoms with van der Waals surface area (Å²) in [4.78, 5) is 15.9. The predicted octanol–water partition coefficient (Wildman–Crippen LogP) is 1.17. The molecule has 0 saturated carbocycles. The molecule has 2 fully saturated rings. The van der Waals surface area contributed by atoms with E-state index in [0.717, 1.165) is 19.3 Å². The van der Waals surface area contributed by atoms with Gasteiger partial charge in [0.2, 0.25) is 0 Å². The van der Waals surface area contributed by atoms with Crippen LogP contribution in [-0.2, 0) is 4.74 Å². The second-order valence-electron chi connectivity index (χ2n) is 6.67. The van der Waals surface area contributed by atoms with Crippen LogP contribution in [0.3, 0.4) is 0 Å². The molecule has 3 rings (SSSR count). The van der Waals surface area contributed by atoms with Crippen molar-refractivity contribution in [2.75, 3.05) is 19.7 Å². The van der Waals surface area contributed by atoms with Gasteiger partial charge in [-0.1, -0.05) is 0 Å². The van der Waals surface area contributed by atoms with Crippen LogP contribution in [-0.4, -0.2) is 52.9 Å². The van der Waals surface area contributed by atoms with Crippen molar-refractivity contribution < 1.29 is 23.4 Å². The zero-order valence-electron chi connectivity index (χ0n) is 13.8. The van der Waals surface area contributed by atoms with E-state index in [1.165, 1.54) is 0 Å². The molecule has 0 unspecified atom stereocenters. The van der Waals surface area contributed by atoms with Crippen molar-refractivity contribution in [2.45, 2.75) is 43.4 Å². The van der Waals surface area contributed by atoms with Gasteiger partial charge < -0.3 is 20.5 Å². The van der Waals surface area contributed by atoms with Gasteiger partial charge in [-0.05, 0) is 39.3 Å². The third-order valence-electron chi connectivity index (χ3n) is 4.98. The van der Waals surface area contributed by atoms with Crippen molar-refractivity contribution in [3.05, 3.63) is 29.6 Å². The summed E-state index contributed by atoms with van der Waals surface area (Å²) in [5.74, 6) is -2.66. The molecule has 0 bridgehead atoms. The second-order valence-corrected chi connectivity index (χ2v) is 6.67. The Morgan fingerprint density at radius 3 is 2.72 bits per heavy atom. The van der Waals surface area contributed by atoms with Crippen LogP contribution < -0.4 is 10.6 Å². The van der Waals surface area contributed by atoms with Gasteiger partial charge in [-0.15, -0.1) is 12.4 Å². The highest BCUT2D eigenvalue weighted by molar-refractivity contribution is 5.93. The molecule has 0 aromatic carbocycles. The molecule has 6 nitrogen and oxygen atoms in total. The quantitative estimate of drug-likeness (QED) is 0.720. The largest absolute Gasteiger partial charge is 0.388 e. The molecule has 0 radical (unpaired) electrons. The lowest BCUT2D eigenvalue weighted by molar-refractivity contribution is -0.197. The van der Waals surface area contributed by atoms with E-state index < -0.39 is 40.5 Å². The molecular formula is C16H22ClF2N3O3. The maximum atomic E-state index is 13.8. The first-order chi connectivity index (χ1) is 11.4.